The predicted octanol–water partition coefficient (Wildman–Crippen LogP) is 5.02. The fourth-order valence-corrected chi connectivity index (χ4v) is 3.79. The standard InChI is InChI=1S/C20H21N7O2S.2C2H6/c1-30-25-16-10-14(17-12-27-18(22-17)3-2-4-21-27)9-15(11-16)20-23-19(29-24-20)13-26-5-7-28-8-6-26;2*1-2/h2-4,9-12,25H,5-8,13H2,1H3;2*1-2H3. The predicted molar refractivity (Wildman–Crippen MR) is 138 cm³/mol. The van der Waals surface area contributed by atoms with Gasteiger partial charge in [0.2, 0.25) is 11.7 Å². The fourth-order valence-electron chi connectivity index (χ4n) is 3.44. The number of hydrogen-bond acceptors (Lipinski definition) is 9. The van der Waals surface area contributed by atoms with Gasteiger partial charge in [0.1, 0.15) is 0 Å². The van der Waals surface area contributed by atoms with Crippen molar-refractivity contribution in [1.29, 1.82) is 0 Å². The lowest BCUT2D eigenvalue weighted by Gasteiger charge is -2.24. The number of fused-ring (bicyclic) bond motifs is 1. The van der Waals surface area contributed by atoms with Gasteiger partial charge in [0.05, 0.1) is 31.6 Å². The van der Waals surface area contributed by atoms with Crippen LogP contribution >= 0.6 is 11.9 Å². The first-order chi connectivity index (χ1) is 16.8. The topological polar surface area (TPSA) is 93.6 Å². The Kier molecular flexibility index (Phi) is 9.87. The molecular weight excluding hydrogens is 450 g/mol. The number of aromatic nitrogens is 5. The molecule has 10 heteroatoms. The summed E-state index contributed by atoms with van der Waals surface area (Å²) in [5.74, 6) is 1.17. The van der Waals surface area contributed by atoms with Crippen LogP contribution in [0.15, 0.2) is 47.2 Å². The van der Waals surface area contributed by atoms with Crippen LogP contribution in [0.3, 0.4) is 0 Å². The summed E-state index contributed by atoms with van der Waals surface area (Å²) in [6, 6.07) is 9.89. The van der Waals surface area contributed by atoms with Gasteiger partial charge in [-0.25, -0.2) is 9.50 Å². The quantitative estimate of drug-likeness (QED) is 0.379. The molecule has 0 aliphatic carbocycles. The van der Waals surface area contributed by atoms with Gasteiger partial charge in [-0.1, -0.05) is 44.8 Å². The molecule has 0 bridgehead atoms. The lowest BCUT2D eigenvalue weighted by molar-refractivity contribution is 0.0297. The number of rotatable bonds is 6. The minimum atomic E-state index is 0.561. The number of imidazole rings is 1. The van der Waals surface area contributed by atoms with Crippen molar-refractivity contribution in [3.63, 3.8) is 0 Å². The van der Waals surface area contributed by atoms with E-state index in [2.05, 4.69) is 35.9 Å². The minimum Gasteiger partial charge on any atom is -0.379 e. The van der Waals surface area contributed by atoms with Crippen LogP contribution in [-0.2, 0) is 11.3 Å². The first kappa shape index (κ1) is 25.7. The van der Waals surface area contributed by atoms with Crippen molar-refractivity contribution in [2.45, 2.75) is 34.2 Å². The third-order valence-corrected chi connectivity index (χ3v) is 5.31. The van der Waals surface area contributed by atoms with E-state index in [1.165, 1.54) is 11.9 Å². The second kappa shape index (κ2) is 13.1. The van der Waals surface area contributed by atoms with Crippen molar-refractivity contribution in [2.75, 3.05) is 37.3 Å². The van der Waals surface area contributed by atoms with Crippen LogP contribution in [-0.4, -0.2) is 62.2 Å². The molecule has 0 unspecified atom stereocenters. The van der Waals surface area contributed by atoms with Crippen LogP contribution in [0.2, 0.25) is 0 Å². The summed E-state index contributed by atoms with van der Waals surface area (Å²) in [7, 11) is 0. The third kappa shape index (κ3) is 6.34. The van der Waals surface area contributed by atoms with E-state index >= 15 is 0 Å². The Labute approximate surface area is 205 Å². The number of anilines is 1. The molecule has 3 aromatic heterocycles. The summed E-state index contributed by atoms with van der Waals surface area (Å²) in [6.45, 7) is 11.8. The van der Waals surface area contributed by atoms with Gasteiger partial charge >= 0.3 is 0 Å². The number of nitrogens with one attached hydrogen (secondary N) is 1. The maximum absolute atomic E-state index is 5.52. The van der Waals surface area contributed by atoms with Gasteiger partial charge in [0.15, 0.2) is 5.65 Å². The second-order valence-electron chi connectivity index (χ2n) is 6.96. The summed E-state index contributed by atoms with van der Waals surface area (Å²) in [5, 5.41) is 8.52. The third-order valence-electron chi connectivity index (χ3n) is 4.87. The summed E-state index contributed by atoms with van der Waals surface area (Å²) in [4.78, 5) is 11.6. The van der Waals surface area contributed by atoms with E-state index in [0.29, 0.717) is 18.3 Å². The summed E-state index contributed by atoms with van der Waals surface area (Å²) in [5.41, 5.74) is 4.39. The molecular formula is C24H33N7O2S. The molecule has 0 atom stereocenters. The lowest BCUT2D eigenvalue weighted by Crippen LogP contribution is -2.35. The summed E-state index contributed by atoms with van der Waals surface area (Å²) >= 11 is 1.53. The number of ether oxygens (including phenoxy) is 1. The highest BCUT2D eigenvalue weighted by Gasteiger charge is 2.17. The minimum absolute atomic E-state index is 0.561. The molecule has 182 valence electrons. The smallest absolute Gasteiger partial charge is 0.241 e. The highest BCUT2D eigenvalue weighted by atomic mass is 32.2. The van der Waals surface area contributed by atoms with E-state index in [-0.39, 0.29) is 0 Å². The summed E-state index contributed by atoms with van der Waals surface area (Å²) in [6.07, 6.45) is 5.64. The molecule has 0 spiro atoms. The summed E-state index contributed by atoms with van der Waals surface area (Å²) < 4.78 is 16.0. The molecule has 1 fully saturated rings. The monoisotopic (exact) mass is 483 g/mol. The van der Waals surface area contributed by atoms with E-state index in [1.807, 2.05) is 64.4 Å². The molecule has 1 aromatic carbocycles. The highest BCUT2D eigenvalue weighted by Crippen LogP contribution is 2.30. The van der Waals surface area contributed by atoms with Crippen molar-refractivity contribution in [3.05, 3.63) is 48.6 Å². The number of hydrogen-bond donors (Lipinski definition) is 1. The van der Waals surface area contributed by atoms with Crippen LogP contribution in [0.4, 0.5) is 5.69 Å². The van der Waals surface area contributed by atoms with E-state index in [4.69, 9.17) is 9.26 Å². The SMILES string of the molecule is CC.CC.CSNc1cc(-c2cn3ncccc3n2)cc(-c2noc(CN3CCOCC3)n2)c1. The van der Waals surface area contributed by atoms with Gasteiger partial charge in [0.25, 0.3) is 0 Å². The van der Waals surface area contributed by atoms with Gasteiger partial charge in [-0.15, -0.1) is 0 Å². The maximum Gasteiger partial charge on any atom is 0.241 e. The van der Waals surface area contributed by atoms with Crippen LogP contribution in [0.5, 0.6) is 0 Å². The molecule has 4 heterocycles. The van der Waals surface area contributed by atoms with Crippen LogP contribution in [0.25, 0.3) is 28.3 Å². The first-order valence-corrected chi connectivity index (χ1v) is 12.9. The molecule has 5 rings (SSSR count). The normalized spacial score (nSPS) is 13.6. The first-order valence-electron chi connectivity index (χ1n) is 11.7. The van der Waals surface area contributed by atoms with E-state index in [9.17, 15) is 0 Å². The van der Waals surface area contributed by atoms with Crippen LogP contribution in [0, 0.1) is 0 Å². The number of nitrogens with zero attached hydrogens (tertiary/aromatic N) is 6. The molecule has 4 aromatic rings. The molecule has 1 saturated heterocycles. The molecule has 34 heavy (non-hydrogen) atoms. The molecule has 1 aliphatic heterocycles. The van der Waals surface area contributed by atoms with Crippen molar-refractivity contribution in [1.82, 2.24) is 29.6 Å². The average Bonchev–Trinajstić information content (AvgIpc) is 3.54. The van der Waals surface area contributed by atoms with Crippen LogP contribution in [0.1, 0.15) is 33.6 Å². The molecule has 1 aliphatic rings. The maximum atomic E-state index is 5.52. The largest absolute Gasteiger partial charge is 0.379 e. The highest BCUT2D eigenvalue weighted by molar-refractivity contribution is 7.99. The second-order valence-corrected chi connectivity index (χ2v) is 7.57. The molecule has 1 N–H and O–H groups in total. The molecule has 0 amide bonds. The van der Waals surface area contributed by atoms with Gasteiger partial charge in [0, 0.05) is 42.4 Å². The van der Waals surface area contributed by atoms with E-state index in [1.54, 1.807) is 10.7 Å². The van der Waals surface area contributed by atoms with Gasteiger partial charge in [-0.05, 0) is 30.3 Å². The van der Waals surface area contributed by atoms with Gasteiger partial charge < -0.3 is 14.0 Å². The Hall–Kier alpha value is -2.95. The average molecular weight is 484 g/mol. The zero-order valence-corrected chi connectivity index (χ0v) is 21.3. The van der Waals surface area contributed by atoms with Crippen molar-refractivity contribution >= 4 is 23.3 Å². The van der Waals surface area contributed by atoms with Crippen LogP contribution < -0.4 is 4.72 Å². The fraction of sp³-hybridized carbons (Fsp3) is 0.417. The Morgan fingerprint density at radius 1 is 1.03 bits per heavy atom. The zero-order chi connectivity index (χ0) is 24.3. The van der Waals surface area contributed by atoms with Crippen molar-refractivity contribution in [2.24, 2.45) is 0 Å². The van der Waals surface area contributed by atoms with E-state index < -0.39 is 0 Å². The molecule has 0 radical (unpaired) electrons. The van der Waals surface area contributed by atoms with E-state index in [0.717, 1.165) is 54.5 Å². The molecule has 0 saturated carbocycles. The molecule has 9 nitrogen and oxygen atoms in total. The number of benzene rings is 1. The lowest BCUT2D eigenvalue weighted by atomic mass is 10.1. The zero-order valence-electron chi connectivity index (χ0n) is 20.5. The Balaban J connectivity index is 0.000000771. The van der Waals surface area contributed by atoms with Gasteiger partial charge in [-0.2, -0.15) is 10.1 Å². The Bertz CT molecular complexity index is 1120. The Morgan fingerprint density at radius 2 is 1.79 bits per heavy atom. The Morgan fingerprint density at radius 3 is 2.53 bits per heavy atom. The van der Waals surface area contributed by atoms with Crippen molar-refractivity contribution < 1.29 is 9.26 Å². The number of morpholine rings is 1. The van der Waals surface area contributed by atoms with Crippen molar-refractivity contribution in [3.8, 4) is 22.6 Å². The van der Waals surface area contributed by atoms with Gasteiger partial charge in [-0.3, -0.25) is 4.90 Å².